The molecule has 2 rings (SSSR count). The first-order chi connectivity index (χ1) is 10.6. The van der Waals surface area contributed by atoms with E-state index in [9.17, 15) is 0 Å². The van der Waals surface area contributed by atoms with Gasteiger partial charge in [0.1, 0.15) is 5.82 Å². The fraction of sp³-hybridized carbons (Fsp3) is 0.750. The molecule has 0 aromatic carbocycles. The van der Waals surface area contributed by atoms with Gasteiger partial charge in [-0.2, -0.15) is 0 Å². The molecule has 1 aromatic heterocycles. The average molecular weight is 435 g/mol. The van der Waals surface area contributed by atoms with E-state index in [4.69, 9.17) is 4.74 Å². The Morgan fingerprint density at radius 1 is 1.52 bits per heavy atom. The molecule has 1 aliphatic rings. The lowest BCUT2D eigenvalue weighted by atomic mass is 10.1. The molecule has 6 nitrogen and oxygen atoms in total. The van der Waals surface area contributed by atoms with Gasteiger partial charge in [0.15, 0.2) is 5.96 Å². The van der Waals surface area contributed by atoms with Crippen molar-refractivity contribution in [2.45, 2.75) is 33.4 Å². The summed E-state index contributed by atoms with van der Waals surface area (Å²) in [5, 5.41) is 3.44. The third kappa shape index (κ3) is 5.95. The fourth-order valence-corrected chi connectivity index (χ4v) is 2.95. The second-order valence-corrected chi connectivity index (χ2v) is 6.35. The molecule has 0 bridgehead atoms. The van der Waals surface area contributed by atoms with Gasteiger partial charge in [0.05, 0.1) is 13.2 Å². The molecule has 7 heteroatoms. The molecule has 1 N–H and O–H groups in total. The van der Waals surface area contributed by atoms with Crippen molar-refractivity contribution in [3.8, 4) is 0 Å². The Labute approximate surface area is 156 Å². The van der Waals surface area contributed by atoms with Crippen LogP contribution in [-0.4, -0.2) is 54.3 Å². The summed E-state index contributed by atoms with van der Waals surface area (Å²) in [6, 6.07) is 0. The summed E-state index contributed by atoms with van der Waals surface area (Å²) in [7, 11) is 3.61. The highest BCUT2D eigenvalue weighted by atomic mass is 127. The maximum absolute atomic E-state index is 5.26. The largest absolute Gasteiger partial charge is 0.384 e. The summed E-state index contributed by atoms with van der Waals surface area (Å²) in [6.45, 7) is 9.01. The number of aromatic nitrogens is 2. The summed E-state index contributed by atoms with van der Waals surface area (Å²) in [6.07, 6.45) is 5.08. The zero-order valence-electron chi connectivity index (χ0n) is 14.7. The highest BCUT2D eigenvalue weighted by Crippen LogP contribution is 2.16. The lowest BCUT2D eigenvalue weighted by Gasteiger charge is -2.22. The Kier molecular flexibility index (Phi) is 8.90. The number of likely N-dealkylation sites (tertiary alicyclic amines) is 1. The molecule has 0 radical (unpaired) electrons. The van der Waals surface area contributed by atoms with Gasteiger partial charge in [-0.15, -0.1) is 24.0 Å². The normalized spacial score (nSPS) is 18.4. The number of hydrogen-bond donors (Lipinski definition) is 1. The van der Waals surface area contributed by atoms with Crippen molar-refractivity contribution < 1.29 is 4.74 Å². The zero-order chi connectivity index (χ0) is 15.9. The summed E-state index contributed by atoms with van der Waals surface area (Å²) >= 11 is 0. The van der Waals surface area contributed by atoms with Crippen LogP contribution in [0.3, 0.4) is 0 Å². The standard InChI is InChI=1S/C16H29N5O.HI/c1-13(2)10-20-8-6-18-15(20)9-19-16(17-3)21-7-5-14(11-21)12-22-4;/h6,8,13-14H,5,7,9-12H2,1-4H3,(H,17,19);1H. The number of nitrogens with zero attached hydrogens (tertiary/aromatic N) is 4. The number of guanidine groups is 1. The molecule has 1 unspecified atom stereocenters. The first kappa shape index (κ1) is 20.2. The van der Waals surface area contributed by atoms with Gasteiger partial charge in [-0.3, -0.25) is 4.99 Å². The maximum atomic E-state index is 5.26. The van der Waals surface area contributed by atoms with Crippen molar-refractivity contribution in [1.29, 1.82) is 0 Å². The molecule has 0 aliphatic carbocycles. The minimum Gasteiger partial charge on any atom is -0.384 e. The number of nitrogens with one attached hydrogen (secondary N) is 1. The number of imidazole rings is 1. The summed E-state index contributed by atoms with van der Waals surface area (Å²) in [5.41, 5.74) is 0. The van der Waals surface area contributed by atoms with Gasteiger partial charge in [0.25, 0.3) is 0 Å². The van der Waals surface area contributed by atoms with Gasteiger partial charge in [-0.05, 0) is 12.3 Å². The van der Waals surface area contributed by atoms with E-state index in [-0.39, 0.29) is 24.0 Å². The van der Waals surface area contributed by atoms with Gasteiger partial charge >= 0.3 is 0 Å². The first-order valence-electron chi connectivity index (χ1n) is 8.08. The van der Waals surface area contributed by atoms with E-state index < -0.39 is 0 Å². The summed E-state index contributed by atoms with van der Waals surface area (Å²) < 4.78 is 7.47. The van der Waals surface area contributed by atoms with Crippen LogP contribution in [0.5, 0.6) is 0 Å². The molecular formula is C16H30IN5O. The van der Waals surface area contributed by atoms with Crippen LogP contribution in [0.4, 0.5) is 0 Å². The Bertz CT molecular complexity index is 489. The van der Waals surface area contributed by atoms with E-state index in [2.05, 4.69) is 38.6 Å². The molecule has 23 heavy (non-hydrogen) atoms. The molecule has 0 amide bonds. The SMILES string of the molecule is CN=C(NCc1nccn1CC(C)C)N1CCC(COC)C1.I. The van der Waals surface area contributed by atoms with Crippen LogP contribution in [0, 0.1) is 11.8 Å². The van der Waals surface area contributed by atoms with Gasteiger partial charge in [-0.1, -0.05) is 13.8 Å². The van der Waals surface area contributed by atoms with E-state index in [0.29, 0.717) is 18.4 Å². The van der Waals surface area contributed by atoms with Gasteiger partial charge in [0, 0.05) is 52.1 Å². The molecule has 1 atom stereocenters. The van der Waals surface area contributed by atoms with Crippen molar-refractivity contribution >= 4 is 29.9 Å². The minimum absolute atomic E-state index is 0. The van der Waals surface area contributed by atoms with Crippen molar-refractivity contribution in [1.82, 2.24) is 19.8 Å². The molecule has 2 heterocycles. The molecule has 1 fully saturated rings. The highest BCUT2D eigenvalue weighted by Gasteiger charge is 2.24. The fourth-order valence-electron chi connectivity index (χ4n) is 2.95. The number of methoxy groups -OCH3 is 1. The number of halogens is 1. The molecule has 1 aliphatic heterocycles. The zero-order valence-corrected chi connectivity index (χ0v) is 17.0. The molecule has 1 saturated heterocycles. The van der Waals surface area contributed by atoms with E-state index in [1.807, 2.05) is 19.4 Å². The number of hydrogen-bond acceptors (Lipinski definition) is 3. The van der Waals surface area contributed by atoms with E-state index in [0.717, 1.165) is 44.4 Å². The summed E-state index contributed by atoms with van der Waals surface area (Å²) in [5.74, 6) is 3.23. The van der Waals surface area contributed by atoms with E-state index in [1.165, 1.54) is 0 Å². The van der Waals surface area contributed by atoms with Gasteiger partial charge in [0.2, 0.25) is 0 Å². The first-order valence-corrected chi connectivity index (χ1v) is 8.08. The highest BCUT2D eigenvalue weighted by molar-refractivity contribution is 14.0. The average Bonchev–Trinajstić information content (AvgIpc) is 3.10. The number of aliphatic imine (C=N–C) groups is 1. The van der Waals surface area contributed by atoms with Crippen molar-refractivity contribution in [2.75, 3.05) is 33.9 Å². The third-order valence-electron chi connectivity index (χ3n) is 3.97. The lowest BCUT2D eigenvalue weighted by Crippen LogP contribution is -2.40. The Morgan fingerprint density at radius 2 is 2.30 bits per heavy atom. The Morgan fingerprint density at radius 3 is 2.96 bits per heavy atom. The van der Waals surface area contributed by atoms with Crippen LogP contribution in [0.15, 0.2) is 17.4 Å². The minimum atomic E-state index is 0. The number of ether oxygens (including phenoxy) is 1. The van der Waals surface area contributed by atoms with Crippen LogP contribution in [0.2, 0.25) is 0 Å². The topological polar surface area (TPSA) is 54.7 Å². The molecular weight excluding hydrogens is 405 g/mol. The monoisotopic (exact) mass is 435 g/mol. The van der Waals surface area contributed by atoms with Crippen LogP contribution in [0.25, 0.3) is 0 Å². The van der Waals surface area contributed by atoms with Crippen LogP contribution in [-0.2, 0) is 17.8 Å². The number of rotatable bonds is 6. The van der Waals surface area contributed by atoms with Crippen molar-refractivity contribution in [3.63, 3.8) is 0 Å². The molecule has 1 aromatic rings. The van der Waals surface area contributed by atoms with E-state index in [1.54, 1.807) is 7.11 Å². The summed E-state index contributed by atoms with van der Waals surface area (Å²) in [4.78, 5) is 11.2. The smallest absolute Gasteiger partial charge is 0.194 e. The Hall–Kier alpha value is -0.830. The Balaban J connectivity index is 0.00000264. The van der Waals surface area contributed by atoms with Crippen LogP contribution in [0.1, 0.15) is 26.1 Å². The maximum Gasteiger partial charge on any atom is 0.194 e. The second-order valence-electron chi connectivity index (χ2n) is 6.35. The van der Waals surface area contributed by atoms with Crippen LogP contribution < -0.4 is 5.32 Å². The molecule has 0 spiro atoms. The van der Waals surface area contributed by atoms with Crippen molar-refractivity contribution in [3.05, 3.63) is 18.2 Å². The van der Waals surface area contributed by atoms with Gasteiger partial charge < -0.3 is 19.5 Å². The second kappa shape index (κ2) is 10.1. The molecule has 0 saturated carbocycles. The molecule has 132 valence electrons. The van der Waals surface area contributed by atoms with Crippen LogP contribution >= 0.6 is 24.0 Å². The van der Waals surface area contributed by atoms with E-state index >= 15 is 0 Å². The lowest BCUT2D eigenvalue weighted by molar-refractivity contribution is 0.157. The quantitative estimate of drug-likeness (QED) is 0.423. The third-order valence-corrected chi connectivity index (χ3v) is 3.97. The predicted molar refractivity (Wildman–Crippen MR) is 104 cm³/mol. The van der Waals surface area contributed by atoms with Crippen molar-refractivity contribution in [2.24, 2.45) is 16.8 Å². The predicted octanol–water partition coefficient (Wildman–Crippen LogP) is 2.20. The van der Waals surface area contributed by atoms with Gasteiger partial charge in [-0.25, -0.2) is 4.98 Å².